The van der Waals surface area contributed by atoms with E-state index in [-0.39, 0.29) is 5.97 Å². The molecule has 1 aromatic rings. The van der Waals surface area contributed by atoms with Crippen LogP contribution in [0.15, 0.2) is 0 Å². The van der Waals surface area contributed by atoms with Crippen LogP contribution >= 0.6 is 45.2 Å². The van der Waals surface area contributed by atoms with Gasteiger partial charge in [-0.3, -0.25) is 0 Å². The first-order chi connectivity index (χ1) is 5.57. The maximum atomic E-state index is 11.2. The van der Waals surface area contributed by atoms with E-state index < -0.39 is 0 Å². The number of esters is 1. The molecule has 1 aromatic heterocycles. The van der Waals surface area contributed by atoms with Crippen molar-refractivity contribution in [2.45, 2.75) is 0 Å². The normalized spacial score (nSPS) is 10.0. The lowest BCUT2D eigenvalue weighted by molar-refractivity contribution is 0.0588. The summed E-state index contributed by atoms with van der Waals surface area (Å²) < 4.78 is 7.75. The van der Waals surface area contributed by atoms with Gasteiger partial charge in [0.2, 0.25) is 0 Å². The molecule has 0 amide bonds. The molecule has 0 unspecified atom stereocenters. The molecule has 6 heteroatoms. The Bertz CT molecular complexity index is 322. The van der Waals surface area contributed by atoms with Crippen molar-refractivity contribution in [2.75, 3.05) is 7.11 Å². The van der Waals surface area contributed by atoms with Gasteiger partial charge in [-0.15, -0.1) is 0 Å². The molecule has 1 rings (SSSR count). The number of hydrogen-bond acceptors (Lipinski definition) is 3. The predicted molar refractivity (Wildman–Crippen MR) is 60.0 cm³/mol. The summed E-state index contributed by atoms with van der Waals surface area (Å²) in [7, 11) is 3.14. The Hall–Kier alpha value is 0.140. The van der Waals surface area contributed by atoms with Crippen LogP contribution in [0.25, 0.3) is 0 Å². The molecule has 1 heterocycles. The summed E-state index contributed by atoms with van der Waals surface area (Å²) in [6.45, 7) is 0. The number of methoxy groups -OCH3 is 1. The smallest absolute Gasteiger partial charge is 0.357 e. The summed E-state index contributed by atoms with van der Waals surface area (Å²) in [5.41, 5.74) is 0.502. The number of rotatable bonds is 1. The van der Waals surface area contributed by atoms with Crippen molar-refractivity contribution in [1.29, 1.82) is 0 Å². The minimum atomic E-state index is -0.350. The topological polar surface area (TPSA) is 44.1 Å². The first-order valence-corrected chi connectivity index (χ1v) is 5.19. The Balaban J connectivity index is 3.22. The van der Waals surface area contributed by atoms with Crippen molar-refractivity contribution in [3.63, 3.8) is 0 Å². The number of imidazole rings is 1. The fourth-order valence-corrected chi connectivity index (χ4v) is 2.51. The maximum Gasteiger partial charge on any atom is 0.357 e. The Morgan fingerprint density at radius 1 is 1.58 bits per heavy atom. The lowest BCUT2D eigenvalue weighted by Crippen LogP contribution is -2.09. The van der Waals surface area contributed by atoms with Gasteiger partial charge in [0.15, 0.2) is 9.53 Å². The molecular formula is C6H6I2N2O2. The van der Waals surface area contributed by atoms with Crippen molar-refractivity contribution in [2.24, 2.45) is 7.05 Å². The van der Waals surface area contributed by atoms with Gasteiger partial charge in [-0.1, -0.05) is 0 Å². The van der Waals surface area contributed by atoms with Crippen molar-refractivity contribution in [3.8, 4) is 0 Å². The van der Waals surface area contributed by atoms with E-state index in [2.05, 4.69) is 32.3 Å². The zero-order valence-corrected chi connectivity index (χ0v) is 10.8. The summed E-state index contributed by atoms with van der Waals surface area (Å²) in [5.74, 6) is -0.350. The number of carbonyl (C=O) groups is 1. The van der Waals surface area contributed by atoms with Crippen LogP contribution in [-0.4, -0.2) is 22.6 Å². The highest BCUT2D eigenvalue weighted by molar-refractivity contribution is 14.1. The molecule has 0 atom stereocenters. The number of hydrogen-bond donors (Lipinski definition) is 0. The SMILES string of the molecule is COC(=O)c1c(I)nc(I)n1C. The van der Waals surface area contributed by atoms with Gasteiger partial charge in [0.25, 0.3) is 0 Å². The van der Waals surface area contributed by atoms with Crippen LogP contribution in [0.1, 0.15) is 10.5 Å². The van der Waals surface area contributed by atoms with Crippen LogP contribution < -0.4 is 0 Å². The van der Waals surface area contributed by atoms with Crippen molar-refractivity contribution >= 4 is 51.2 Å². The minimum Gasteiger partial charge on any atom is -0.464 e. The highest BCUT2D eigenvalue weighted by Gasteiger charge is 2.18. The first-order valence-electron chi connectivity index (χ1n) is 3.04. The van der Waals surface area contributed by atoms with Gasteiger partial charge in [-0.2, -0.15) is 0 Å². The van der Waals surface area contributed by atoms with Crippen LogP contribution in [0, 0.1) is 7.53 Å². The van der Waals surface area contributed by atoms with E-state index in [1.54, 1.807) is 11.6 Å². The molecule has 0 radical (unpaired) electrons. The van der Waals surface area contributed by atoms with E-state index in [9.17, 15) is 4.79 Å². The van der Waals surface area contributed by atoms with E-state index in [4.69, 9.17) is 0 Å². The molecule has 0 saturated carbocycles. The lowest BCUT2D eigenvalue weighted by atomic mass is 10.5. The summed E-state index contributed by atoms with van der Waals surface area (Å²) in [6.07, 6.45) is 0. The van der Waals surface area contributed by atoms with Gasteiger partial charge < -0.3 is 9.30 Å². The third-order valence-corrected chi connectivity index (χ3v) is 3.09. The van der Waals surface area contributed by atoms with Gasteiger partial charge in [-0.05, 0) is 45.2 Å². The summed E-state index contributed by atoms with van der Waals surface area (Å²) in [5, 5.41) is 0. The standard InChI is InChI=1S/C6H6I2N2O2/c1-10-3(5(11)12-2)4(7)9-6(10)8/h1-2H3. The Morgan fingerprint density at radius 2 is 2.17 bits per heavy atom. The van der Waals surface area contributed by atoms with Crippen LogP contribution in [0.2, 0.25) is 0 Å². The lowest BCUT2D eigenvalue weighted by Gasteiger charge is -2.00. The second-order valence-corrected chi connectivity index (χ2v) is 4.06. The summed E-state index contributed by atoms with van der Waals surface area (Å²) in [4.78, 5) is 15.3. The molecule has 0 N–H and O–H groups in total. The largest absolute Gasteiger partial charge is 0.464 e. The summed E-state index contributed by atoms with van der Waals surface area (Å²) >= 11 is 4.07. The quantitative estimate of drug-likeness (QED) is 0.537. The van der Waals surface area contributed by atoms with E-state index in [1.807, 2.05) is 22.6 Å². The van der Waals surface area contributed by atoms with Crippen LogP contribution in [0.3, 0.4) is 0 Å². The number of ether oxygens (including phenoxy) is 1. The maximum absolute atomic E-state index is 11.2. The molecule has 0 saturated heterocycles. The van der Waals surface area contributed by atoms with Gasteiger partial charge >= 0.3 is 5.97 Å². The second kappa shape index (κ2) is 3.90. The van der Waals surface area contributed by atoms with E-state index in [1.165, 1.54) is 7.11 Å². The molecule has 0 fully saturated rings. The minimum absolute atomic E-state index is 0.350. The third-order valence-electron chi connectivity index (χ3n) is 1.38. The number of aromatic nitrogens is 2. The van der Waals surface area contributed by atoms with Gasteiger partial charge in [0.1, 0.15) is 3.70 Å². The number of carbonyl (C=O) groups excluding carboxylic acids is 1. The predicted octanol–water partition coefficient (Wildman–Crippen LogP) is 1.42. The monoisotopic (exact) mass is 392 g/mol. The molecule has 0 aliphatic rings. The van der Waals surface area contributed by atoms with Crippen LogP contribution in [0.4, 0.5) is 0 Å². The van der Waals surface area contributed by atoms with Gasteiger partial charge in [0, 0.05) is 7.05 Å². The van der Waals surface area contributed by atoms with Gasteiger partial charge in [-0.25, -0.2) is 9.78 Å². The molecule has 0 aromatic carbocycles. The highest BCUT2D eigenvalue weighted by Crippen LogP contribution is 2.15. The van der Waals surface area contributed by atoms with Crippen molar-refractivity contribution in [1.82, 2.24) is 9.55 Å². The van der Waals surface area contributed by atoms with Crippen molar-refractivity contribution < 1.29 is 9.53 Å². The average molecular weight is 392 g/mol. The van der Waals surface area contributed by atoms with Crippen molar-refractivity contribution in [3.05, 3.63) is 13.2 Å². The second-order valence-electron chi connectivity index (χ2n) is 2.07. The van der Waals surface area contributed by atoms with Crippen LogP contribution in [-0.2, 0) is 11.8 Å². The molecule has 0 aliphatic carbocycles. The average Bonchev–Trinajstić information content (AvgIpc) is 2.26. The van der Waals surface area contributed by atoms with E-state index in [0.717, 1.165) is 3.83 Å². The molecule has 0 spiro atoms. The Morgan fingerprint density at radius 3 is 2.50 bits per heavy atom. The number of nitrogens with zero attached hydrogens (tertiary/aromatic N) is 2. The number of halogens is 2. The van der Waals surface area contributed by atoms with Gasteiger partial charge in [0.05, 0.1) is 7.11 Å². The highest BCUT2D eigenvalue weighted by atomic mass is 127. The Labute approximate surface area is 97.0 Å². The molecule has 12 heavy (non-hydrogen) atoms. The fourth-order valence-electron chi connectivity index (χ4n) is 0.757. The molecule has 0 bridgehead atoms. The molecule has 0 aliphatic heterocycles. The van der Waals surface area contributed by atoms with E-state index >= 15 is 0 Å². The summed E-state index contributed by atoms with van der Waals surface area (Å²) in [6, 6.07) is 0. The first kappa shape index (κ1) is 10.2. The third kappa shape index (κ3) is 1.73. The fraction of sp³-hybridized carbons (Fsp3) is 0.333. The Kier molecular flexibility index (Phi) is 3.32. The molecule has 66 valence electrons. The van der Waals surface area contributed by atoms with E-state index in [0.29, 0.717) is 9.39 Å². The molecule has 4 nitrogen and oxygen atoms in total. The zero-order chi connectivity index (χ0) is 9.30. The zero-order valence-electron chi connectivity index (χ0n) is 6.47. The van der Waals surface area contributed by atoms with Crippen LogP contribution in [0.5, 0.6) is 0 Å². The molecular weight excluding hydrogens is 386 g/mol.